The lowest BCUT2D eigenvalue weighted by Crippen LogP contribution is -2.52. The van der Waals surface area contributed by atoms with Gasteiger partial charge in [-0.1, -0.05) is 48.9 Å². The Bertz CT molecular complexity index is 897. The molecule has 3 rings (SSSR count). The molecular formula is C21H26N2O3S. The molecule has 1 heterocycles. The molecule has 2 aromatic carbocycles. The van der Waals surface area contributed by atoms with E-state index in [4.69, 9.17) is 0 Å². The molecule has 2 atom stereocenters. The third-order valence-corrected chi connectivity index (χ3v) is 7.04. The van der Waals surface area contributed by atoms with E-state index in [0.29, 0.717) is 13.0 Å². The van der Waals surface area contributed by atoms with Crippen LogP contribution in [0.2, 0.25) is 0 Å². The van der Waals surface area contributed by atoms with Crippen LogP contribution in [0.15, 0.2) is 59.5 Å². The zero-order valence-electron chi connectivity index (χ0n) is 15.8. The number of sulfonamides is 1. The minimum atomic E-state index is -3.69. The van der Waals surface area contributed by atoms with Crippen molar-refractivity contribution in [2.24, 2.45) is 0 Å². The molecule has 1 saturated heterocycles. The highest BCUT2D eigenvalue weighted by Gasteiger charge is 2.37. The Balaban J connectivity index is 1.81. The van der Waals surface area contributed by atoms with Gasteiger partial charge in [-0.2, -0.15) is 4.31 Å². The summed E-state index contributed by atoms with van der Waals surface area (Å²) < 4.78 is 27.5. The van der Waals surface area contributed by atoms with Gasteiger partial charge in [0.25, 0.3) is 0 Å². The van der Waals surface area contributed by atoms with Crippen LogP contribution >= 0.6 is 0 Å². The van der Waals surface area contributed by atoms with Gasteiger partial charge in [-0.25, -0.2) is 8.42 Å². The molecule has 1 aliphatic heterocycles. The van der Waals surface area contributed by atoms with Crippen molar-refractivity contribution in [1.29, 1.82) is 0 Å². The summed E-state index contributed by atoms with van der Waals surface area (Å²) in [5.41, 5.74) is 2.14. The topological polar surface area (TPSA) is 66.5 Å². The Morgan fingerprint density at radius 3 is 2.44 bits per heavy atom. The fourth-order valence-electron chi connectivity index (χ4n) is 3.64. The summed E-state index contributed by atoms with van der Waals surface area (Å²) in [5, 5.41) is 3.02. The van der Waals surface area contributed by atoms with E-state index in [1.165, 1.54) is 4.31 Å². The van der Waals surface area contributed by atoms with Crippen molar-refractivity contribution in [2.75, 3.05) is 6.54 Å². The zero-order valence-corrected chi connectivity index (χ0v) is 16.6. The van der Waals surface area contributed by atoms with Crippen molar-refractivity contribution in [1.82, 2.24) is 9.62 Å². The summed E-state index contributed by atoms with van der Waals surface area (Å²) in [6, 6.07) is 15.4. The number of rotatable bonds is 5. The third-order valence-electron chi connectivity index (χ3n) is 5.12. The van der Waals surface area contributed by atoms with Gasteiger partial charge in [0.2, 0.25) is 15.9 Å². The van der Waals surface area contributed by atoms with Gasteiger partial charge in [-0.15, -0.1) is 0 Å². The van der Waals surface area contributed by atoms with Crippen LogP contribution in [-0.2, 0) is 14.8 Å². The van der Waals surface area contributed by atoms with E-state index in [-0.39, 0.29) is 16.8 Å². The maximum atomic E-state index is 13.1. The zero-order chi connectivity index (χ0) is 19.4. The largest absolute Gasteiger partial charge is 0.348 e. The molecule has 144 valence electrons. The number of nitrogens with one attached hydrogen (secondary N) is 1. The summed E-state index contributed by atoms with van der Waals surface area (Å²) in [5.74, 6) is -0.232. The predicted octanol–water partition coefficient (Wildman–Crippen LogP) is 3.42. The fourth-order valence-corrected chi connectivity index (χ4v) is 5.32. The molecule has 0 bridgehead atoms. The van der Waals surface area contributed by atoms with Crippen LogP contribution in [0, 0.1) is 6.92 Å². The van der Waals surface area contributed by atoms with Crippen LogP contribution in [-0.4, -0.2) is 31.2 Å². The third kappa shape index (κ3) is 4.22. The highest BCUT2D eigenvalue weighted by Crippen LogP contribution is 2.26. The Morgan fingerprint density at radius 2 is 1.74 bits per heavy atom. The number of nitrogens with zero attached hydrogens (tertiary/aromatic N) is 1. The number of benzene rings is 2. The minimum Gasteiger partial charge on any atom is -0.348 e. The molecule has 0 saturated carbocycles. The second-order valence-electron chi connectivity index (χ2n) is 7.03. The van der Waals surface area contributed by atoms with Crippen molar-refractivity contribution in [3.05, 3.63) is 65.7 Å². The standard InChI is InChI=1S/C21H26N2O3S/c1-16-10-6-7-13-19(16)17(2)22-21(24)20-14-8-9-15-23(20)27(25,26)18-11-4-3-5-12-18/h3-7,10-13,17,20H,8-9,14-15H2,1-2H3,(H,22,24). The second kappa shape index (κ2) is 8.23. The summed E-state index contributed by atoms with van der Waals surface area (Å²) in [6.45, 7) is 4.30. The molecule has 0 aromatic heterocycles. The molecule has 2 unspecified atom stereocenters. The van der Waals surface area contributed by atoms with Crippen LogP contribution in [0.5, 0.6) is 0 Å². The van der Waals surface area contributed by atoms with E-state index >= 15 is 0 Å². The normalized spacial score (nSPS) is 19.4. The molecular weight excluding hydrogens is 360 g/mol. The second-order valence-corrected chi connectivity index (χ2v) is 8.92. The van der Waals surface area contributed by atoms with E-state index in [2.05, 4.69) is 5.32 Å². The number of piperidine rings is 1. The Hall–Kier alpha value is -2.18. The number of carbonyl (C=O) groups is 1. The maximum absolute atomic E-state index is 13.1. The first kappa shape index (κ1) is 19.6. The number of amides is 1. The van der Waals surface area contributed by atoms with Crippen molar-refractivity contribution in [3.63, 3.8) is 0 Å². The van der Waals surface area contributed by atoms with Crippen LogP contribution in [0.1, 0.15) is 43.4 Å². The average molecular weight is 387 g/mol. The van der Waals surface area contributed by atoms with Gasteiger partial charge in [0, 0.05) is 6.54 Å². The van der Waals surface area contributed by atoms with Gasteiger partial charge < -0.3 is 5.32 Å². The maximum Gasteiger partial charge on any atom is 0.243 e. The summed E-state index contributed by atoms with van der Waals surface area (Å²) in [6.07, 6.45) is 2.15. The van der Waals surface area contributed by atoms with Crippen LogP contribution in [0.4, 0.5) is 0 Å². The molecule has 2 aromatic rings. The lowest BCUT2D eigenvalue weighted by molar-refractivity contribution is -0.126. The first-order chi connectivity index (χ1) is 12.9. The summed E-state index contributed by atoms with van der Waals surface area (Å²) in [4.78, 5) is 13.2. The highest BCUT2D eigenvalue weighted by atomic mass is 32.2. The fraction of sp³-hybridized carbons (Fsp3) is 0.381. The number of carbonyl (C=O) groups excluding carboxylic acids is 1. The predicted molar refractivity (Wildman–Crippen MR) is 106 cm³/mol. The first-order valence-corrected chi connectivity index (χ1v) is 10.8. The van der Waals surface area contributed by atoms with Gasteiger partial charge in [-0.05, 0) is 49.9 Å². The Morgan fingerprint density at radius 1 is 1.07 bits per heavy atom. The molecule has 0 aliphatic carbocycles. The molecule has 0 radical (unpaired) electrons. The smallest absolute Gasteiger partial charge is 0.243 e. The average Bonchev–Trinajstić information content (AvgIpc) is 2.69. The molecule has 5 nitrogen and oxygen atoms in total. The van der Waals surface area contributed by atoms with Gasteiger partial charge in [0.05, 0.1) is 10.9 Å². The number of aryl methyl sites for hydroxylation is 1. The quantitative estimate of drug-likeness (QED) is 0.856. The molecule has 1 N–H and O–H groups in total. The Kier molecular flexibility index (Phi) is 5.97. The van der Waals surface area contributed by atoms with Gasteiger partial charge in [0.1, 0.15) is 6.04 Å². The van der Waals surface area contributed by atoms with Crippen LogP contribution in [0.25, 0.3) is 0 Å². The van der Waals surface area contributed by atoms with E-state index in [9.17, 15) is 13.2 Å². The van der Waals surface area contributed by atoms with E-state index in [1.54, 1.807) is 30.3 Å². The van der Waals surface area contributed by atoms with Gasteiger partial charge >= 0.3 is 0 Å². The van der Waals surface area contributed by atoms with Crippen molar-refractivity contribution in [2.45, 2.75) is 50.1 Å². The molecule has 27 heavy (non-hydrogen) atoms. The number of hydrogen-bond donors (Lipinski definition) is 1. The lowest BCUT2D eigenvalue weighted by Gasteiger charge is -2.34. The molecule has 6 heteroatoms. The molecule has 1 amide bonds. The first-order valence-electron chi connectivity index (χ1n) is 9.34. The summed E-state index contributed by atoms with van der Waals surface area (Å²) >= 11 is 0. The highest BCUT2D eigenvalue weighted by molar-refractivity contribution is 7.89. The van der Waals surface area contributed by atoms with Crippen molar-refractivity contribution >= 4 is 15.9 Å². The SMILES string of the molecule is Cc1ccccc1C(C)NC(=O)C1CCCCN1S(=O)(=O)c1ccccc1. The van der Waals surface area contributed by atoms with Gasteiger partial charge in [0.15, 0.2) is 0 Å². The number of hydrogen-bond acceptors (Lipinski definition) is 3. The van der Waals surface area contributed by atoms with E-state index < -0.39 is 16.1 Å². The van der Waals surface area contributed by atoms with E-state index in [1.807, 2.05) is 38.1 Å². The van der Waals surface area contributed by atoms with Crippen molar-refractivity contribution < 1.29 is 13.2 Å². The lowest BCUT2D eigenvalue weighted by atomic mass is 10.0. The Labute approximate surface area is 161 Å². The molecule has 1 aliphatic rings. The molecule has 1 fully saturated rings. The van der Waals surface area contributed by atoms with Crippen LogP contribution in [0.3, 0.4) is 0 Å². The summed E-state index contributed by atoms with van der Waals surface area (Å²) in [7, 11) is -3.69. The monoisotopic (exact) mass is 386 g/mol. The van der Waals surface area contributed by atoms with Crippen molar-refractivity contribution in [3.8, 4) is 0 Å². The van der Waals surface area contributed by atoms with Gasteiger partial charge in [-0.3, -0.25) is 4.79 Å². The molecule has 0 spiro atoms. The van der Waals surface area contributed by atoms with Crippen LogP contribution < -0.4 is 5.32 Å². The van der Waals surface area contributed by atoms with E-state index in [0.717, 1.165) is 24.0 Å². The minimum absolute atomic E-state index is 0.179.